The molecule has 1 aromatic carbocycles. The summed E-state index contributed by atoms with van der Waals surface area (Å²) in [5.74, 6) is 0.831. The smallest absolute Gasteiger partial charge is 0.269 e. The third-order valence-electron chi connectivity index (χ3n) is 4.56. The molecule has 0 aliphatic rings. The zero-order valence-corrected chi connectivity index (χ0v) is 15.6. The molecule has 0 heterocycles. The molecule has 2 atom stereocenters. The summed E-state index contributed by atoms with van der Waals surface area (Å²) in [4.78, 5) is 0. The van der Waals surface area contributed by atoms with Crippen LogP contribution in [0.25, 0.3) is 0 Å². The molecule has 3 nitrogen and oxygen atoms in total. The molecule has 1 rings (SSSR count). The van der Waals surface area contributed by atoms with E-state index >= 15 is 0 Å². The van der Waals surface area contributed by atoms with Crippen molar-refractivity contribution in [1.29, 1.82) is 0 Å². The van der Waals surface area contributed by atoms with Crippen molar-refractivity contribution in [2.24, 2.45) is 5.92 Å². The van der Waals surface area contributed by atoms with Crippen molar-refractivity contribution in [3.05, 3.63) is 35.4 Å². The molecule has 0 amide bonds. The Balaban J connectivity index is 2.47. The molecule has 132 valence electrons. The van der Waals surface area contributed by atoms with Crippen LogP contribution in [0, 0.1) is 5.92 Å². The number of hydrogen-bond acceptors (Lipinski definition) is 2. The number of hydrogen-bond donors (Lipinski definition) is 1. The monoisotopic (exact) mass is 340 g/mol. The fourth-order valence-electron chi connectivity index (χ4n) is 3.14. The second-order valence-electron chi connectivity index (χ2n) is 6.86. The fraction of sp³-hybridized carbons (Fsp3) is 0.684. The molecule has 1 N–H and O–H groups in total. The van der Waals surface area contributed by atoms with Gasteiger partial charge in [-0.1, -0.05) is 83.6 Å². The molecule has 0 aliphatic carbocycles. The molecule has 0 aliphatic heterocycles. The van der Waals surface area contributed by atoms with Gasteiger partial charge in [-0.25, -0.2) is 0 Å². The zero-order valence-electron chi connectivity index (χ0n) is 14.8. The predicted molar refractivity (Wildman–Crippen MR) is 97.3 cm³/mol. The van der Waals surface area contributed by atoms with Crippen LogP contribution >= 0.6 is 0 Å². The van der Waals surface area contributed by atoms with Crippen molar-refractivity contribution in [3.63, 3.8) is 0 Å². The van der Waals surface area contributed by atoms with Gasteiger partial charge in [0.2, 0.25) is 0 Å². The summed E-state index contributed by atoms with van der Waals surface area (Å²) < 4.78 is 31.4. The molecule has 0 aromatic heterocycles. The van der Waals surface area contributed by atoms with Crippen LogP contribution in [-0.4, -0.2) is 13.0 Å². The molecule has 0 radical (unpaired) electrons. The highest BCUT2D eigenvalue weighted by Crippen LogP contribution is 2.27. The first-order valence-electron chi connectivity index (χ1n) is 8.86. The van der Waals surface area contributed by atoms with E-state index in [0.717, 1.165) is 29.9 Å². The molecule has 4 heteroatoms. The van der Waals surface area contributed by atoms with Crippen molar-refractivity contribution in [2.45, 2.75) is 77.4 Å². The Morgan fingerprint density at radius 1 is 1.00 bits per heavy atom. The van der Waals surface area contributed by atoms with Crippen molar-refractivity contribution < 1.29 is 13.0 Å². The quantitative estimate of drug-likeness (QED) is 0.423. The largest absolute Gasteiger partial charge is 0.285 e. The first-order chi connectivity index (χ1) is 10.8. The standard InChI is InChI=1S/C19H32O3S/c1-4-5-10-16(2)11-6-7-12-17(3)19-14-9-8-13-18(19)15-23(20,21)22/h8-9,13-14,16-17H,4-7,10-12,15H2,1-3H3,(H,20,21,22). The lowest BCUT2D eigenvalue weighted by Crippen LogP contribution is -2.06. The summed E-state index contributed by atoms with van der Waals surface area (Å²) >= 11 is 0. The summed E-state index contributed by atoms with van der Waals surface area (Å²) in [5, 5.41) is 0. The van der Waals surface area contributed by atoms with Crippen LogP contribution in [0.15, 0.2) is 24.3 Å². The van der Waals surface area contributed by atoms with Crippen molar-refractivity contribution in [2.75, 3.05) is 0 Å². The van der Waals surface area contributed by atoms with Gasteiger partial charge in [0.15, 0.2) is 0 Å². The van der Waals surface area contributed by atoms with Crippen molar-refractivity contribution in [1.82, 2.24) is 0 Å². The van der Waals surface area contributed by atoms with E-state index in [1.54, 1.807) is 6.07 Å². The molecule has 23 heavy (non-hydrogen) atoms. The van der Waals surface area contributed by atoms with Crippen LogP contribution in [0.2, 0.25) is 0 Å². The van der Waals surface area contributed by atoms with Gasteiger partial charge in [0.25, 0.3) is 10.1 Å². The molecule has 0 saturated heterocycles. The SMILES string of the molecule is CCCCC(C)CCCCC(C)c1ccccc1CS(=O)(=O)O. The number of unbranched alkanes of at least 4 members (excludes halogenated alkanes) is 2. The van der Waals surface area contributed by atoms with Gasteiger partial charge in [0.1, 0.15) is 5.75 Å². The summed E-state index contributed by atoms with van der Waals surface area (Å²) in [5.41, 5.74) is 1.77. The highest BCUT2D eigenvalue weighted by atomic mass is 32.2. The maximum atomic E-state index is 11.2. The lowest BCUT2D eigenvalue weighted by atomic mass is 9.90. The highest BCUT2D eigenvalue weighted by molar-refractivity contribution is 7.85. The van der Waals surface area contributed by atoms with E-state index in [4.69, 9.17) is 4.55 Å². The van der Waals surface area contributed by atoms with E-state index in [-0.39, 0.29) is 5.75 Å². The fourth-order valence-corrected chi connectivity index (χ4v) is 3.79. The Kier molecular flexibility index (Phi) is 8.85. The van der Waals surface area contributed by atoms with E-state index in [1.165, 1.54) is 32.1 Å². The Bertz CT molecular complexity index is 551. The van der Waals surface area contributed by atoms with Gasteiger partial charge < -0.3 is 0 Å². The molecular weight excluding hydrogens is 308 g/mol. The minimum atomic E-state index is -3.98. The highest BCUT2D eigenvalue weighted by Gasteiger charge is 2.15. The van der Waals surface area contributed by atoms with Gasteiger partial charge in [-0.2, -0.15) is 8.42 Å². The van der Waals surface area contributed by atoms with E-state index < -0.39 is 10.1 Å². The molecule has 0 fully saturated rings. The normalized spacial score (nSPS) is 14.6. The first-order valence-corrected chi connectivity index (χ1v) is 10.5. The second-order valence-corrected chi connectivity index (χ2v) is 8.31. The van der Waals surface area contributed by atoms with E-state index in [9.17, 15) is 8.42 Å². The topological polar surface area (TPSA) is 54.4 Å². The third kappa shape index (κ3) is 8.52. The van der Waals surface area contributed by atoms with E-state index in [2.05, 4.69) is 20.8 Å². The van der Waals surface area contributed by atoms with Crippen LogP contribution in [0.5, 0.6) is 0 Å². The maximum Gasteiger partial charge on any atom is 0.269 e. The summed E-state index contributed by atoms with van der Waals surface area (Å²) in [7, 11) is -3.98. The third-order valence-corrected chi connectivity index (χ3v) is 5.23. The molecule has 0 spiro atoms. The van der Waals surface area contributed by atoms with Crippen LogP contribution in [-0.2, 0) is 15.9 Å². The van der Waals surface area contributed by atoms with Crippen molar-refractivity contribution in [3.8, 4) is 0 Å². The van der Waals surface area contributed by atoms with Crippen LogP contribution in [0.3, 0.4) is 0 Å². The maximum absolute atomic E-state index is 11.2. The minimum absolute atomic E-state index is 0.290. The van der Waals surface area contributed by atoms with Gasteiger partial charge in [-0.15, -0.1) is 0 Å². The summed E-state index contributed by atoms with van der Waals surface area (Å²) in [6.45, 7) is 6.71. The Morgan fingerprint density at radius 3 is 2.26 bits per heavy atom. The van der Waals surface area contributed by atoms with E-state index in [1.807, 2.05) is 18.2 Å². The van der Waals surface area contributed by atoms with Crippen molar-refractivity contribution >= 4 is 10.1 Å². The Morgan fingerprint density at radius 2 is 1.61 bits per heavy atom. The van der Waals surface area contributed by atoms with Gasteiger partial charge in [-0.05, 0) is 29.4 Å². The molecule has 2 unspecified atom stereocenters. The molecular formula is C19H32O3S. The zero-order chi connectivity index (χ0) is 17.3. The summed E-state index contributed by atoms with van der Waals surface area (Å²) in [6, 6.07) is 7.54. The minimum Gasteiger partial charge on any atom is -0.285 e. The molecule has 1 aromatic rings. The lowest BCUT2D eigenvalue weighted by Gasteiger charge is -2.16. The first kappa shape index (κ1) is 20.2. The van der Waals surface area contributed by atoms with Crippen LogP contribution in [0.4, 0.5) is 0 Å². The molecule has 0 saturated carbocycles. The number of benzene rings is 1. The second kappa shape index (κ2) is 10.1. The predicted octanol–water partition coefficient (Wildman–Crippen LogP) is 5.56. The van der Waals surface area contributed by atoms with Gasteiger partial charge in [-0.3, -0.25) is 4.55 Å². The van der Waals surface area contributed by atoms with Crippen LogP contribution in [0.1, 0.15) is 82.8 Å². The van der Waals surface area contributed by atoms with Gasteiger partial charge >= 0.3 is 0 Å². The average molecular weight is 341 g/mol. The van der Waals surface area contributed by atoms with Gasteiger partial charge in [0.05, 0.1) is 0 Å². The van der Waals surface area contributed by atoms with Crippen LogP contribution < -0.4 is 0 Å². The number of rotatable bonds is 11. The Labute approximate surface area is 142 Å². The Hall–Kier alpha value is -0.870. The lowest BCUT2D eigenvalue weighted by molar-refractivity contribution is 0.439. The van der Waals surface area contributed by atoms with E-state index in [0.29, 0.717) is 5.92 Å². The average Bonchev–Trinajstić information content (AvgIpc) is 2.48. The molecule has 0 bridgehead atoms. The van der Waals surface area contributed by atoms with Gasteiger partial charge in [0, 0.05) is 0 Å². The summed E-state index contributed by atoms with van der Waals surface area (Å²) in [6.07, 6.45) is 8.64.